The van der Waals surface area contributed by atoms with Crippen molar-refractivity contribution in [2.45, 2.75) is 84.8 Å². The molecule has 5 aromatic rings. The maximum absolute atomic E-state index is 13.3. The summed E-state index contributed by atoms with van der Waals surface area (Å²) in [5.74, 6) is 0.501. The predicted molar refractivity (Wildman–Crippen MR) is 180 cm³/mol. The van der Waals surface area contributed by atoms with Gasteiger partial charge in [0, 0.05) is 52.1 Å². The zero-order valence-electron chi connectivity index (χ0n) is 27.1. The normalized spacial score (nSPS) is 14.8. The number of aryl methyl sites for hydroxylation is 1. The highest BCUT2D eigenvalue weighted by atomic mass is 16.6. The molecule has 1 fully saturated rings. The van der Waals surface area contributed by atoms with Gasteiger partial charge in [-0.1, -0.05) is 48.5 Å². The van der Waals surface area contributed by atoms with Crippen LogP contribution in [0.25, 0.3) is 22.0 Å². The molecule has 0 bridgehead atoms. The number of rotatable bonds is 9. The number of aromatic nitrogens is 2. The SMILES string of the molecule is Cc1c(C)n(Cc2ccc(-c3ccccc3C(O)OC(C)(C)C)cc2)c2ccc(C(=O)NC(C)c3ccnc(C4CC4)c3)cc12. The summed E-state index contributed by atoms with van der Waals surface area (Å²) in [6, 6.07) is 26.3. The first-order valence-electron chi connectivity index (χ1n) is 15.9. The molecule has 2 unspecified atom stereocenters. The Morgan fingerprint density at radius 3 is 2.47 bits per heavy atom. The van der Waals surface area contributed by atoms with Crippen LogP contribution in [0.2, 0.25) is 0 Å². The Balaban J connectivity index is 1.20. The third-order valence-electron chi connectivity index (χ3n) is 8.85. The Bertz CT molecular complexity index is 1840. The second-order valence-corrected chi connectivity index (χ2v) is 13.4. The molecule has 3 aromatic carbocycles. The smallest absolute Gasteiger partial charge is 0.251 e. The first-order chi connectivity index (χ1) is 21.5. The molecule has 1 aliphatic rings. The van der Waals surface area contributed by atoms with Crippen molar-refractivity contribution in [3.63, 3.8) is 0 Å². The molecule has 0 aliphatic heterocycles. The van der Waals surface area contributed by atoms with Crippen LogP contribution < -0.4 is 5.32 Å². The first kappa shape index (κ1) is 30.8. The van der Waals surface area contributed by atoms with E-state index in [1.165, 1.54) is 29.7 Å². The van der Waals surface area contributed by atoms with Crippen LogP contribution in [0.15, 0.2) is 85.1 Å². The van der Waals surface area contributed by atoms with Crippen molar-refractivity contribution in [2.24, 2.45) is 0 Å². The van der Waals surface area contributed by atoms with Crippen molar-refractivity contribution in [1.82, 2.24) is 14.9 Å². The number of fused-ring (bicyclic) bond motifs is 1. The number of carbonyl (C=O) groups is 1. The zero-order chi connectivity index (χ0) is 31.9. The van der Waals surface area contributed by atoms with Gasteiger partial charge in [-0.05, 0) is 113 Å². The number of benzene rings is 3. The van der Waals surface area contributed by atoms with E-state index in [-0.39, 0.29) is 11.9 Å². The first-order valence-corrected chi connectivity index (χ1v) is 15.9. The van der Waals surface area contributed by atoms with Crippen molar-refractivity contribution in [3.8, 4) is 11.1 Å². The second-order valence-electron chi connectivity index (χ2n) is 13.4. The predicted octanol–water partition coefficient (Wildman–Crippen LogP) is 8.54. The molecule has 2 atom stereocenters. The van der Waals surface area contributed by atoms with E-state index in [1.807, 2.05) is 76.4 Å². The third-order valence-corrected chi connectivity index (χ3v) is 8.85. The van der Waals surface area contributed by atoms with E-state index in [2.05, 4.69) is 65.1 Å². The standard InChI is InChI=1S/C39H43N3O3/c1-24-26(3)42(23-27-11-13-28(14-12-27)32-9-7-8-10-33(32)38(44)45-39(4,5)6)36-18-17-31(21-34(24)36)37(43)41-25(2)30-19-20-40-35(22-30)29-15-16-29/h7-14,17-22,25,29,38,44H,15-16,23H2,1-6H3,(H,41,43). The number of nitrogens with zero attached hydrogens (tertiary/aromatic N) is 2. The van der Waals surface area contributed by atoms with Crippen LogP contribution >= 0.6 is 0 Å². The van der Waals surface area contributed by atoms with Gasteiger partial charge in [0.25, 0.3) is 5.91 Å². The van der Waals surface area contributed by atoms with Gasteiger partial charge in [0.15, 0.2) is 6.29 Å². The summed E-state index contributed by atoms with van der Waals surface area (Å²) in [4.78, 5) is 17.8. The number of carbonyl (C=O) groups excluding carboxylic acids is 1. The van der Waals surface area contributed by atoms with E-state index in [0.29, 0.717) is 18.0 Å². The Kier molecular flexibility index (Phi) is 8.38. The molecule has 0 saturated heterocycles. The number of hydrogen-bond acceptors (Lipinski definition) is 4. The van der Waals surface area contributed by atoms with Crippen molar-refractivity contribution < 1.29 is 14.6 Å². The summed E-state index contributed by atoms with van der Waals surface area (Å²) in [7, 11) is 0. The van der Waals surface area contributed by atoms with Crippen LogP contribution in [0.4, 0.5) is 0 Å². The number of pyridine rings is 1. The fraction of sp³-hybridized carbons (Fsp3) is 0.333. The monoisotopic (exact) mass is 601 g/mol. The van der Waals surface area contributed by atoms with E-state index in [1.54, 1.807) is 0 Å². The maximum Gasteiger partial charge on any atom is 0.251 e. The summed E-state index contributed by atoms with van der Waals surface area (Å²) < 4.78 is 8.16. The molecular weight excluding hydrogens is 558 g/mol. The number of amides is 1. The lowest BCUT2D eigenvalue weighted by Crippen LogP contribution is -2.26. The molecule has 1 amide bonds. The Morgan fingerprint density at radius 2 is 1.76 bits per heavy atom. The van der Waals surface area contributed by atoms with Gasteiger partial charge in [-0.3, -0.25) is 9.78 Å². The van der Waals surface area contributed by atoms with Crippen LogP contribution in [0, 0.1) is 13.8 Å². The van der Waals surface area contributed by atoms with Gasteiger partial charge < -0.3 is 19.7 Å². The van der Waals surface area contributed by atoms with Gasteiger partial charge in [-0.25, -0.2) is 0 Å². The lowest BCUT2D eigenvalue weighted by Gasteiger charge is -2.25. The number of aliphatic hydroxyl groups is 1. The third kappa shape index (κ3) is 6.73. The molecule has 2 aromatic heterocycles. The van der Waals surface area contributed by atoms with Gasteiger partial charge in [0.1, 0.15) is 0 Å². The second kappa shape index (κ2) is 12.3. The number of hydrogen-bond donors (Lipinski definition) is 2. The molecule has 1 saturated carbocycles. The van der Waals surface area contributed by atoms with Gasteiger partial charge in [-0.2, -0.15) is 0 Å². The Labute approximate surface area is 266 Å². The molecule has 45 heavy (non-hydrogen) atoms. The van der Waals surface area contributed by atoms with Crippen molar-refractivity contribution in [3.05, 3.63) is 124 Å². The van der Waals surface area contributed by atoms with E-state index in [4.69, 9.17) is 4.74 Å². The van der Waals surface area contributed by atoms with Gasteiger partial charge in [0.05, 0.1) is 11.6 Å². The van der Waals surface area contributed by atoms with E-state index in [9.17, 15) is 9.90 Å². The minimum atomic E-state index is -1.01. The molecule has 6 heteroatoms. The molecule has 1 aliphatic carbocycles. The minimum Gasteiger partial charge on any atom is -0.364 e. The van der Waals surface area contributed by atoms with Crippen molar-refractivity contribution >= 4 is 16.8 Å². The average molecular weight is 602 g/mol. The highest BCUT2D eigenvalue weighted by Crippen LogP contribution is 2.39. The van der Waals surface area contributed by atoms with Crippen LogP contribution in [0.1, 0.15) is 103 Å². The van der Waals surface area contributed by atoms with Crippen LogP contribution in [-0.2, 0) is 11.3 Å². The van der Waals surface area contributed by atoms with Crippen LogP contribution in [0.5, 0.6) is 0 Å². The van der Waals surface area contributed by atoms with Gasteiger partial charge in [0.2, 0.25) is 0 Å². The highest BCUT2D eigenvalue weighted by Gasteiger charge is 2.26. The van der Waals surface area contributed by atoms with Gasteiger partial charge in [-0.15, -0.1) is 0 Å². The summed E-state index contributed by atoms with van der Waals surface area (Å²) in [5, 5.41) is 15.1. The molecule has 0 spiro atoms. The maximum atomic E-state index is 13.3. The number of nitrogens with one attached hydrogen (secondary N) is 1. The highest BCUT2D eigenvalue weighted by molar-refractivity contribution is 5.99. The molecule has 232 valence electrons. The summed E-state index contributed by atoms with van der Waals surface area (Å²) in [5.41, 5.74) is 9.77. The average Bonchev–Trinajstić information content (AvgIpc) is 3.85. The molecule has 2 heterocycles. The molecule has 0 radical (unpaired) electrons. The van der Waals surface area contributed by atoms with Crippen molar-refractivity contribution in [1.29, 1.82) is 0 Å². The number of aliphatic hydroxyl groups excluding tert-OH is 1. The quantitative estimate of drug-likeness (QED) is 0.166. The molecule has 2 N–H and O–H groups in total. The fourth-order valence-electron chi connectivity index (χ4n) is 6.04. The largest absolute Gasteiger partial charge is 0.364 e. The van der Waals surface area contributed by atoms with Crippen molar-refractivity contribution in [2.75, 3.05) is 0 Å². The van der Waals surface area contributed by atoms with Gasteiger partial charge >= 0.3 is 0 Å². The summed E-state index contributed by atoms with van der Waals surface area (Å²) >= 11 is 0. The Morgan fingerprint density at radius 1 is 1.02 bits per heavy atom. The van der Waals surface area contributed by atoms with Crippen LogP contribution in [-0.4, -0.2) is 26.2 Å². The minimum absolute atomic E-state index is 0.0760. The molecular formula is C39H43N3O3. The van der Waals surface area contributed by atoms with Crippen LogP contribution in [0.3, 0.4) is 0 Å². The summed E-state index contributed by atoms with van der Waals surface area (Å²) in [6.45, 7) is 12.8. The molecule has 6 nitrogen and oxygen atoms in total. The van der Waals surface area contributed by atoms with E-state index >= 15 is 0 Å². The lowest BCUT2D eigenvalue weighted by molar-refractivity contribution is -0.169. The van der Waals surface area contributed by atoms with E-state index < -0.39 is 11.9 Å². The van der Waals surface area contributed by atoms with E-state index in [0.717, 1.165) is 38.9 Å². The zero-order valence-corrected chi connectivity index (χ0v) is 27.1. The number of ether oxygens (including phenoxy) is 1. The topological polar surface area (TPSA) is 76.4 Å². The summed E-state index contributed by atoms with van der Waals surface area (Å²) in [6.07, 6.45) is 3.25. The fourth-order valence-corrected chi connectivity index (χ4v) is 6.04. The lowest BCUT2D eigenvalue weighted by atomic mass is 9.98. The molecule has 6 rings (SSSR count). The Hall–Kier alpha value is -4.26.